The molecule has 0 spiro atoms. The number of likely N-dealkylation sites (N-methyl/N-ethyl adjacent to an activating group) is 1. The van der Waals surface area contributed by atoms with Gasteiger partial charge in [-0.3, -0.25) is 4.79 Å². The van der Waals surface area contributed by atoms with Gasteiger partial charge in [0, 0.05) is 13.0 Å². The van der Waals surface area contributed by atoms with Gasteiger partial charge in [-0.05, 0) is 56.8 Å². The number of carbonyl (C=O) groups excluding carboxylic acids is 1. The van der Waals surface area contributed by atoms with Crippen LogP contribution in [0.4, 0.5) is 0 Å². The van der Waals surface area contributed by atoms with Crippen LogP contribution in [0.25, 0.3) is 0 Å². The van der Waals surface area contributed by atoms with Gasteiger partial charge in [0.25, 0.3) is 0 Å². The van der Waals surface area contributed by atoms with Crippen molar-refractivity contribution in [2.24, 2.45) is 11.8 Å². The maximum Gasteiger partial charge on any atom is 0.222 e. The third kappa shape index (κ3) is 5.27. The molecule has 2 aliphatic rings. The fraction of sp³-hybridized carbons (Fsp3) is 0.650. The normalized spacial score (nSPS) is 20.8. The predicted octanol–water partition coefficient (Wildman–Crippen LogP) is 3.12. The molecule has 0 aromatic heterocycles. The topological polar surface area (TPSA) is 50.8 Å². The lowest BCUT2D eigenvalue weighted by molar-refractivity contribution is -0.134. The quantitative estimate of drug-likeness (QED) is 0.821. The number of piperidine rings is 1. The first kappa shape index (κ1) is 20.8. The third-order valence-corrected chi connectivity index (χ3v) is 5.41. The second-order valence-electron chi connectivity index (χ2n) is 7.20. The van der Waals surface area contributed by atoms with Crippen molar-refractivity contribution in [1.82, 2.24) is 10.2 Å². The van der Waals surface area contributed by atoms with E-state index in [4.69, 9.17) is 9.47 Å². The zero-order chi connectivity index (χ0) is 17.6. The van der Waals surface area contributed by atoms with Gasteiger partial charge in [0.05, 0.1) is 6.54 Å². The van der Waals surface area contributed by atoms with Crippen molar-refractivity contribution in [1.29, 1.82) is 0 Å². The molecule has 146 valence electrons. The maximum absolute atomic E-state index is 12.8. The molecule has 0 aliphatic carbocycles. The van der Waals surface area contributed by atoms with Crippen molar-refractivity contribution in [3.63, 3.8) is 0 Å². The summed E-state index contributed by atoms with van der Waals surface area (Å²) in [7, 11) is 0. The maximum atomic E-state index is 12.8. The van der Waals surface area contributed by atoms with E-state index in [2.05, 4.69) is 12.2 Å². The molecule has 1 N–H and O–H groups in total. The van der Waals surface area contributed by atoms with Gasteiger partial charge in [-0.2, -0.15) is 0 Å². The standard InChI is InChI=1S/C20H30N2O3.ClH/c1-3-22(20(23)12-15(2)16-8-10-21-11-9-16)13-17-14-24-18-6-4-5-7-19(18)25-17;/h4-7,15-17,21H,3,8-14H2,1-2H3;1H. The highest BCUT2D eigenvalue weighted by Gasteiger charge is 2.27. The minimum absolute atomic E-state index is 0. The molecule has 26 heavy (non-hydrogen) atoms. The summed E-state index contributed by atoms with van der Waals surface area (Å²) < 4.78 is 11.8. The van der Waals surface area contributed by atoms with Crippen molar-refractivity contribution in [3.05, 3.63) is 24.3 Å². The minimum Gasteiger partial charge on any atom is -0.486 e. The minimum atomic E-state index is -0.104. The largest absolute Gasteiger partial charge is 0.486 e. The van der Waals surface area contributed by atoms with E-state index in [-0.39, 0.29) is 24.4 Å². The number of para-hydroxylation sites is 2. The van der Waals surface area contributed by atoms with E-state index in [0.717, 1.165) is 24.6 Å². The molecule has 1 aromatic carbocycles. The zero-order valence-corrected chi connectivity index (χ0v) is 16.6. The lowest BCUT2D eigenvalue weighted by Gasteiger charge is -2.33. The number of benzene rings is 1. The lowest BCUT2D eigenvalue weighted by atomic mass is 9.84. The smallest absolute Gasteiger partial charge is 0.222 e. The van der Waals surface area contributed by atoms with Crippen LogP contribution in [0, 0.1) is 11.8 Å². The van der Waals surface area contributed by atoms with Crippen LogP contribution >= 0.6 is 12.4 Å². The second-order valence-corrected chi connectivity index (χ2v) is 7.20. The van der Waals surface area contributed by atoms with E-state index in [9.17, 15) is 4.79 Å². The Morgan fingerprint density at radius 2 is 1.96 bits per heavy atom. The molecule has 0 bridgehead atoms. The van der Waals surface area contributed by atoms with E-state index in [0.29, 0.717) is 38.0 Å². The lowest BCUT2D eigenvalue weighted by Crippen LogP contribution is -2.44. The predicted molar refractivity (Wildman–Crippen MR) is 105 cm³/mol. The van der Waals surface area contributed by atoms with Gasteiger partial charge in [-0.15, -0.1) is 12.4 Å². The number of hydrogen-bond acceptors (Lipinski definition) is 4. The summed E-state index contributed by atoms with van der Waals surface area (Å²) in [5.74, 6) is 2.88. The number of fused-ring (bicyclic) bond motifs is 1. The molecule has 0 radical (unpaired) electrons. The van der Waals surface area contributed by atoms with Gasteiger partial charge in [0.15, 0.2) is 17.6 Å². The van der Waals surface area contributed by atoms with Crippen LogP contribution in [0.2, 0.25) is 0 Å². The van der Waals surface area contributed by atoms with E-state index < -0.39 is 0 Å². The Labute approximate surface area is 162 Å². The van der Waals surface area contributed by atoms with Crippen LogP contribution in [-0.4, -0.2) is 49.7 Å². The summed E-state index contributed by atoms with van der Waals surface area (Å²) in [6.45, 7) is 8.19. The summed E-state index contributed by atoms with van der Waals surface area (Å²) in [5.41, 5.74) is 0. The molecule has 2 heterocycles. The van der Waals surface area contributed by atoms with Crippen LogP contribution in [-0.2, 0) is 4.79 Å². The Hall–Kier alpha value is -1.46. The molecule has 2 aliphatic heterocycles. The molecule has 2 unspecified atom stereocenters. The van der Waals surface area contributed by atoms with E-state index >= 15 is 0 Å². The molecule has 3 rings (SSSR count). The number of ether oxygens (including phenoxy) is 2. The molecular formula is C20H31ClN2O3. The Kier molecular flexibility index (Phi) is 8.04. The number of nitrogens with zero attached hydrogens (tertiary/aromatic N) is 1. The van der Waals surface area contributed by atoms with Gasteiger partial charge < -0.3 is 19.7 Å². The molecule has 5 nitrogen and oxygen atoms in total. The summed E-state index contributed by atoms with van der Waals surface area (Å²) in [4.78, 5) is 14.7. The SMILES string of the molecule is CCN(CC1COc2ccccc2O1)C(=O)CC(C)C1CCNCC1.Cl. The van der Waals surface area contributed by atoms with Crippen LogP contribution in [0.1, 0.15) is 33.1 Å². The highest BCUT2D eigenvalue weighted by molar-refractivity contribution is 5.85. The molecule has 1 fully saturated rings. The average Bonchev–Trinajstić information content (AvgIpc) is 2.66. The summed E-state index contributed by atoms with van der Waals surface area (Å²) in [6.07, 6.45) is 2.88. The van der Waals surface area contributed by atoms with Crippen molar-refractivity contribution in [2.45, 2.75) is 39.2 Å². The number of carbonyl (C=O) groups is 1. The summed E-state index contributed by atoms with van der Waals surface area (Å²) >= 11 is 0. The molecule has 1 saturated heterocycles. The Bertz CT molecular complexity index is 578. The molecule has 1 amide bonds. The number of nitrogens with one attached hydrogen (secondary N) is 1. The monoisotopic (exact) mass is 382 g/mol. The number of halogens is 1. The molecule has 1 aromatic rings. The highest BCUT2D eigenvalue weighted by atomic mass is 35.5. The van der Waals surface area contributed by atoms with E-state index in [1.54, 1.807) is 0 Å². The first-order valence-electron chi connectivity index (χ1n) is 9.54. The van der Waals surface area contributed by atoms with Gasteiger partial charge in [0.1, 0.15) is 6.61 Å². The van der Waals surface area contributed by atoms with Crippen LogP contribution in [0.3, 0.4) is 0 Å². The average molecular weight is 383 g/mol. The number of amides is 1. The number of rotatable bonds is 6. The summed E-state index contributed by atoms with van der Waals surface area (Å²) in [6, 6.07) is 7.70. The van der Waals surface area contributed by atoms with E-state index in [1.807, 2.05) is 36.1 Å². The van der Waals surface area contributed by atoms with Crippen molar-refractivity contribution in [3.8, 4) is 11.5 Å². The molecule has 2 atom stereocenters. The van der Waals surface area contributed by atoms with Gasteiger partial charge in [-0.1, -0.05) is 19.1 Å². The molecule has 0 saturated carbocycles. The van der Waals surface area contributed by atoms with Crippen LogP contribution in [0.5, 0.6) is 11.5 Å². The van der Waals surface area contributed by atoms with Gasteiger partial charge in [0.2, 0.25) is 5.91 Å². The molecule has 6 heteroatoms. The molecular weight excluding hydrogens is 352 g/mol. The van der Waals surface area contributed by atoms with Crippen molar-refractivity contribution >= 4 is 18.3 Å². The van der Waals surface area contributed by atoms with Crippen molar-refractivity contribution < 1.29 is 14.3 Å². The second kappa shape index (κ2) is 10.0. The first-order chi connectivity index (χ1) is 12.2. The zero-order valence-electron chi connectivity index (χ0n) is 15.8. The van der Waals surface area contributed by atoms with Crippen molar-refractivity contribution in [2.75, 3.05) is 32.8 Å². The summed E-state index contributed by atoms with van der Waals surface area (Å²) in [5, 5.41) is 3.39. The van der Waals surface area contributed by atoms with E-state index in [1.165, 1.54) is 12.8 Å². The van der Waals surface area contributed by atoms with Crippen LogP contribution < -0.4 is 14.8 Å². The third-order valence-electron chi connectivity index (χ3n) is 5.41. The Morgan fingerprint density at radius 3 is 2.65 bits per heavy atom. The fourth-order valence-corrected chi connectivity index (χ4v) is 3.79. The Balaban J connectivity index is 0.00000243. The first-order valence-corrected chi connectivity index (χ1v) is 9.54. The fourth-order valence-electron chi connectivity index (χ4n) is 3.79. The van der Waals surface area contributed by atoms with Crippen LogP contribution in [0.15, 0.2) is 24.3 Å². The highest BCUT2D eigenvalue weighted by Crippen LogP contribution is 2.31. The number of hydrogen-bond donors (Lipinski definition) is 1. The van der Waals surface area contributed by atoms with Gasteiger partial charge in [-0.25, -0.2) is 0 Å². The Morgan fingerprint density at radius 1 is 1.27 bits per heavy atom. The van der Waals surface area contributed by atoms with Gasteiger partial charge >= 0.3 is 0 Å².